The molecule has 0 aromatic heterocycles. The summed E-state index contributed by atoms with van der Waals surface area (Å²) in [6, 6.07) is 0. The van der Waals surface area contributed by atoms with Crippen LogP contribution in [0.15, 0.2) is 24.3 Å². The van der Waals surface area contributed by atoms with Gasteiger partial charge in [-0.2, -0.15) is 0 Å². The molecule has 0 heterocycles. The number of carbonyl (C=O) groups is 2. The van der Waals surface area contributed by atoms with Gasteiger partial charge in [0, 0.05) is 12.8 Å². The lowest BCUT2D eigenvalue weighted by atomic mass is 10.0. The summed E-state index contributed by atoms with van der Waals surface area (Å²) in [5.74, 6) is -0.794. The number of ether oxygens (including phenoxy) is 2. The van der Waals surface area contributed by atoms with Crippen LogP contribution in [0.2, 0.25) is 0 Å². The van der Waals surface area contributed by atoms with Crippen molar-refractivity contribution in [3.8, 4) is 0 Å². The molecule has 0 rings (SSSR count). The minimum Gasteiger partial charge on any atom is -0.462 e. The van der Waals surface area contributed by atoms with Crippen LogP contribution in [0.4, 0.5) is 0 Å². The minimum atomic E-state index is -4.37. The minimum absolute atomic E-state index is 0.0338. The van der Waals surface area contributed by atoms with Gasteiger partial charge in [-0.25, -0.2) is 4.57 Å². The summed E-state index contributed by atoms with van der Waals surface area (Å²) in [6.07, 6.45) is 45.3. The lowest BCUT2D eigenvalue weighted by Gasteiger charge is -2.24. The number of nitrogens with zero attached hydrogens (tertiary/aromatic N) is 1. The van der Waals surface area contributed by atoms with E-state index in [0.29, 0.717) is 23.9 Å². The largest absolute Gasteiger partial charge is 0.472 e. The normalized spacial score (nSPS) is 13.7. The van der Waals surface area contributed by atoms with E-state index in [2.05, 4.69) is 38.2 Å². The third-order valence-corrected chi connectivity index (χ3v) is 11.5. The summed E-state index contributed by atoms with van der Waals surface area (Å²) in [7, 11) is 1.48. The van der Waals surface area contributed by atoms with Crippen molar-refractivity contribution >= 4 is 19.8 Å². The van der Waals surface area contributed by atoms with E-state index in [-0.39, 0.29) is 25.6 Å². The van der Waals surface area contributed by atoms with Crippen LogP contribution in [0.1, 0.15) is 219 Å². The van der Waals surface area contributed by atoms with Crippen LogP contribution in [0.5, 0.6) is 0 Å². The van der Waals surface area contributed by atoms with Gasteiger partial charge in [0.1, 0.15) is 19.8 Å². The molecule has 0 amide bonds. The molecule has 0 fully saturated rings. The molecule has 2 atom stereocenters. The van der Waals surface area contributed by atoms with Gasteiger partial charge in [0.2, 0.25) is 0 Å². The number of likely N-dealkylation sites (N-methyl/N-ethyl adjacent to an activating group) is 1. The number of hydrogen-bond acceptors (Lipinski definition) is 7. The van der Waals surface area contributed by atoms with Crippen LogP contribution in [-0.2, 0) is 32.7 Å². The molecule has 342 valence electrons. The lowest BCUT2D eigenvalue weighted by Crippen LogP contribution is -2.37. The van der Waals surface area contributed by atoms with Gasteiger partial charge in [-0.15, -0.1) is 0 Å². The third-order valence-electron chi connectivity index (χ3n) is 10.5. The molecule has 0 saturated heterocycles. The zero-order chi connectivity index (χ0) is 42.8. The Bertz CT molecular complexity index is 1040. The van der Waals surface area contributed by atoms with Crippen molar-refractivity contribution in [1.82, 2.24) is 0 Å². The molecular formula is C48H93NO8P+. The van der Waals surface area contributed by atoms with Gasteiger partial charge in [-0.3, -0.25) is 18.6 Å². The summed E-state index contributed by atoms with van der Waals surface area (Å²) < 4.78 is 34.3. The average molecular weight is 843 g/mol. The van der Waals surface area contributed by atoms with E-state index >= 15 is 0 Å². The number of esters is 2. The Morgan fingerprint density at radius 2 is 0.931 bits per heavy atom. The van der Waals surface area contributed by atoms with Crippen LogP contribution in [-0.4, -0.2) is 74.9 Å². The first kappa shape index (κ1) is 56.5. The summed E-state index contributed by atoms with van der Waals surface area (Å²) in [5, 5.41) is 0. The molecule has 9 nitrogen and oxygen atoms in total. The van der Waals surface area contributed by atoms with Gasteiger partial charge in [0.05, 0.1) is 27.7 Å². The third kappa shape index (κ3) is 44.1. The predicted molar refractivity (Wildman–Crippen MR) is 243 cm³/mol. The smallest absolute Gasteiger partial charge is 0.462 e. The molecule has 0 aliphatic heterocycles. The summed E-state index contributed by atoms with van der Waals surface area (Å²) in [4.78, 5) is 35.3. The van der Waals surface area contributed by atoms with Gasteiger partial charge in [0.15, 0.2) is 6.10 Å². The Labute approximate surface area is 358 Å². The molecule has 2 unspecified atom stereocenters. The molecule has 58 heavy (non-hydrogen) atoms. The number of carbonyl (C=O) groups excluding carboxylic acids is 2. The van der Waals surface area contributed by atoms with E-state index in [1.807, 2.05) is 21.1 Å². The van der Waals surface area contributed by atoms with Crippen molar-refractivity contribution in [2.45, 2.75) is 225 Å². The zero-order valence-corrected chi connectivity index (χ0v) is 39.4. The summed E-state index contributed by atoms with van der Waals surface area (Å²) in [5.41, 5.74) is 0. The average Bonchev–Trinajstić information content (AvgIpc) is 3.17. The SMILES string of the molecule is CCCCCCC/C=C\C/C=C\CCCCCCCCCCCCCCCC(=O)OC(COC(=O)CCCCCCCCCCC)COP(=O)(O)OCC[N+](C)(C)C. The van der Waals surface area contributed by atoms with Gasteiger partial charge >= 0.3 is 19.8 Å². The Morgan fingerprint density at radius 1 is 0.534 bits per heavy atom. The quantitative estimate of drug-likeness (QED) is 0.0212. The molecular weight excluding hydrogens is 750 g/mol. The number of quaternary nitrogens is 1. The number of unbranched alkanes of at least 4 members (excludes halogenated alkanes) is 26. The summed E-state index contributed by atoms with van der Waals surface area (Å²) >= 11 is 0. The molecule has 10 heteroatoms. The highest BCUT2D eigenvalue weighted by Gasteiger charge is 2.27. The lowest BCUT2D eigenvalue weighted by molar-refractivity contribution is -0.870. The van der Waals surface area contributed by atoms with Crippen LogP contribution in [0, 0.1) is 0 Å². The van der Waals surface area contributed by atoms with Crippen LogP contribution >= 0.6 is 7.82 Å². The number of rotatable bonds is 44. The number of hydrogen-bond donors (Lipinski definition) is 1. The second-order valence-electron chi connectivity index (χ2n) is 17.5. The fourth-order valence-electron chi connectivity index (χ4n) is 6.69. The monoisotopic (exact) mass is 843 g/mol. The van der Waals surface area contributed by atoms with Crippen molar-refractivity contribution < 1.29 is 42.1 Å². The highest BCUT2D eigenvalue weighted by Crippen LogP contribution is 2.43. The Balaban J connectivity index is 4.13. The van der Waals surface area contributed by atoms with Gasteiger partial charge in [-0.1, -0.05) is 186 Å². The standard InChI is InChI=1S/C48H92NO8P/c1-6-8-10-12-14-16-17-18-19-20-21-22-23-24-25-26-27-28-29-30-31-33-35-37-39-41-48(51)57-46(45-56-58(52,53)55-43-42-49(3,4)5)44-54-47(50)40-38-36-34-32-15-13-11-9-7-2/h17-18,20-21,46H,6-16,19,22-45H2,1-5H3/p+1/b18-17-,21-20-. The molecule has 1 N–H and O–H groups in total. The highest BCUT2D eigenvalue weighted by atomic mass is 31.2. The van der Waals surface area contributed by atoms with Crippen LogP contribution in [0.3, 0.4) is 0 Å². The Morgan fingerprint density at radius 3 is 1.36 bits per heavy atom. The second kappa shape index (κ2) is 40.9. The predicted octanol–water partition coefficient (Wildman–Crippen LogP) is 13.9. The Kier molecular flexibility index (Phi) is 39.8. The van der Waals surface area contributed by atoms with E-state index in [4.69, 9.17) is 18.5 Å². The maximum atomic E-state index is 12.7. The number of phosphoric acid groups is 1. The van der Waals surface area contributed by atoms with E-state index in [1.54, 1.807) is 0 Å². The summed E-state index contributed by atoms with van der Waals surface area (Å²) in [6.45, 7) is 4.41. The molecule has 0 aromatic carbocycles. The topological polar surface area (TPSA) is 108 Å². The molecule has 0 radical (unpaired) electrons. The molecule has 0 aromatic rings. The van der Waals surface area contributed by atoms with Crippen molar-refractivity contribution in [1.29, 1.82) is 0 Å². The first-order chi connectivity index (χ1) is 28.0. The van der Waals surface area contributed by atoms with Crippen LogP contribution < -0.4 is 0 Å². The molecule has 0 bridgehead atoms. The van der Waals surface area contributed by atoms with Gasteiger partial charge in [0.25, 0.3) is 0 Å². The van der Waals surface area contributed by atoms with Crippen molar-refractivity contribution in [3.63, 3.8) is 0 Å². The van der Waals surface area contributed by atoms with Gasteiger partial charge in [-0.05, 0) is 44.9 Å². The first-order valence-electron chi connectivity index (χ1n) is 24.1. The second-order valence-corrected chi connectivity index (χ2v) is 19.0. The fraction of sp³-hybridized carbons (Fsp3) is 0.875. The van der Waals surface area contributed by atoms with E-state index in [1.165, 1.54) is 148 Å². The first-order valence-corrected chi connectivity index (χ1v) is 25.6. The maximum absolute atomic E-state index is 12.7. The van der Waals surface area contributed by atoms with Gasteiger partial charge < -0.3 is 18.9 Å². The van der Waals surface area contributed by atoms with E-state index in [9.17, 15) is 19.0 Å². The van der Waals surface area contributed by atoms with Crippen molar-refractivity contribution in [2.24, 2.45) is 0 Å². The fourth-order valence-corrected chi connectivity index (χ4v) is 7.43. The van der Waals surface area contributed by atoms with Crippen molar-refractivity contribution in [3.05, 3.63) is 24.3 Å². The Hall–Kier alpha value is -1.51. The van der Waals surface area contributed by atoms with Crippen LogP contribution in [0.25, 0.3) is 0 Å². The number of allylic oxidation sites excluding steroid dienone is 4. The number of phosphoric ester groups is 1. The molecule has 0 saturated carbocycles. The zero-order valence-electron chi connectivity index (χ0n) is 38.5. The van der Waals surface area contributed by atoms with E-state index < -0.39 is 26.5 Å². The van der Waals surface area contributed by atoms with E-state index in [0.717, 1.165) is 38.5 Å². The highest BCUT2D eigenvalue weighted by molar-refractivity contribution is 7.47. The maximum Gasteiger partial charge on any atom is 0.472 e. The molecule has 0 aliphatic carbocycles. The molecule has 0 aliphatic rings. The van der Waals surface area contributed by atoms with Crippen molar-refractivity contribution in [2.75, 3.05) is 47.5 Å². The molecule has 0 spiro atoms.